The van der Waals surface area contributed by atoms with Crippen molar-refractivity contribution in [1.29, 1.82) is 0 Å². The van der Waals surface area contributed by atoms with Crippen LogP contribution in [0, 0.1) is 5.92 Å². The van der Waals surface area contributed by atoms with Crippen molar-refractivity contribution >= 4 is 17.8 Å². The zero-order valence-electron chi connectivity index (χ0n) is 12.2. The predicted molar refractivity (Wildman–Crippen MR) is 71.1 cm³/mol. The van der Waals surface area contributed by atoms with Crippen LogP contribution in [-0.2, 0) is 23.9 Å². The van der Waals surface area contributed by atoms with Gasteiger partial charge in [0.15, 0.2) is 0 Å². The highest BCUT2D eigenvalue weighted by atomic mass is 16.5. The van der Waals surface area contributed by atoms with E-state index in [4.69, 9.17) is 14.6 Å². The van der Waals surface area contributed by atoms with Gasteiger partial charge in [0.2, 0.25) is 5.91 Å². The van der Waals surface area contributed by atoms with Crippen LogP contribution in [0.3, 0.4) is 0 Å². The number of carbonyl (C=O) groups is 3. The van der Waals surface area contributed by atoms with Crippen LogP contribution in [0.2, 0.25) is 0 Å². The molecule has 7 nitrogen and oxygen atoms in total. The minimum atomic E-state index is -1.16. The molecular formula is C13H23NO6. The second kappa shape index (κ2) is 10.2. The normalized spacial score (nSPS) is 13.3. The molecule has 0 bridgehead atoms. The third kappa shape index (κ3) is 8.47. The average Bonchev–Trinajstić information content (AvgIpc) is 2.34. The molecule has 116 valence electrons. The molecule has 0 spiro atoms. The van der Waals surface area contributed by atoms with Gasteiger partial charge in [0.25, 0.3) is 0 Å². The summed E-state index contributed by atoms with van der Waals surface area (Å²) in [5, 5.41) is 11.4. The fourth-order valence-electron chi connectivity index (χ4n) is 1.67. The Morgan fingerprint density at radius 1 is 1.30 bits per heavy atom. The van der Waals surface area contributed by atoms with E-state index in [2.05, 4.69) is 5.32 Å². The molecule has 0 radical (unpaired) electrons. The molecule has 0 rings (SSSR count). The fourth-order valence-corrected chi connectivity index (χ4v) is 1.67. The Hall–Kier alpha value is -1.63. The molecule has 0 aromatic carbocycles. The van der Waals surface area contributed by atoms with Gasteiger partial charge in [0, 0.05) is 26.6 Å². The van der Waals surface area contributed by atoms with Gasteiger partial charge < -0.3 is 19.9 Å². The molecule has 0 aromatic rings. The van der Waals surface area contributed by atoms with E-state index in [1.807, 2.05) is 6.92 Å². The number of hydrogen-bond acceptors (Lipinski definition) is 5. The van der Waals surface area contributed by atoms with Gasteiger partial charge in [0.05, 0.1) is 6.61 Å². The van der Waals surface area contributed by atoms with Crippen molar-refractivity contribution in [2.45, 2.75) is 39.2 Å². The van der Waals surface area contributed by atoms with Crippen molar-refractivity contribution in [2.75, 3.05) is 20.3 Å². The van der Waals surface area contributed by atoms with Gasteiger partial charge >= 0.3 is 11.9 Å². The van der Waals surface area contributed by atoms with Crippen molar-refractivity contribution in [3.63, 3.8) is 0 Å². The summed E-state index contributed by atoms with van der Waals surface area (Å²) in [7, 11) is 1.54. The molecule has 20 heavy (non-hydrogen) atoms. The largest absolute Gasteiger partial charge is 0.480 e. The average molecular weight is 289 g/mol. The lowest BCUT2D eigenvalue weighted by atomic mass is 10.1. The number of hydrogen-bond donors (Lipinski definition) is 2. The van der Waals surface area contributed by atoms with E-state index >= 15 is 0 Å². The Bertz CT molecular complexity index is 331. The number of amides is 1. The van der Waals surface area contributed by atoms with Gasteiger partial charge in [-0.25, -0.2) is 4.79 Å². The van der Waals surface area contributed by atoms with Crippen LogP contribution in [0.5, 0.6) is 0 Å². The van der Waals surface area contributed by atoms with Crippen LogP contribution in [0.1, 0.15) is 33.1 Å². The van der Waals surface area contributed by atoms with Gasteiger partial charge in [-0.15, -0.1) is 0 Å². The van der Waals surface area contributed by atoms with Crippen LogP contribution in [0.25, 0.3) is 0 Å². The van der Waals surface area contributed by atoms with E-state index < -0.39 is 18.0 Å². The smallest absolute Gasteiger partial charge is 0.326 e. The van der Waals surface area contributed by atoms with Crippen molar-refractivity contribution in [3.8, 4) is 0 Å². The van der Waals surface area contributed by atoms with Crippen molar-refractivity contribution in [3.05, 3.63) is 0 Å². The summed E-state index contributed by atoms with van der Waals surface area (Å²) in [6.07, 6.45) is 0.147. The maximum Gasteiger partial charge on any atom is 0.326 e. The maximum atomic E-state index is 11.7. The first-order chi connectivity index (χ1) is 9.40. The number of rotatable bonds is 10. The van der Waals surface area contributed by atoms with E-state index in [0.29, 0.717) is 6.61 Å². The van der Waals surface area contributed by atoms with Gasteiger partial charge in [-0.1, -0.05) is 6.92 Å². The van der Waals surface area contributed by atoms with Crippen LogP contribution >= 0.6 is 0 Å². The molecule has 0 aromatic heterocycles. The SMILES string of the molecule is CCOC(=O)CC[C@H](NC(=O)CC(C)COC)C(=O)O. The highest BCUT2D eigenvalue weighted by Crippen LogP contribution is 2.05. The highest BCUT2D eigenvalue weighted by molar-refractivity contribution is 5.84. The Balaban J connectivity index is 4.23. The van der Waals surface area contributed by atoms with Gasteiger partial charge in [-0.3, -0.25) is 9.59 Å². The molecule has 1 unspecified atom stereocenters. The molecule has 2 atom stereocenters. The molecular weight excluding hydrogens is 266 g/mol. The Kier molecular flexibility index (Phi) is 9.36. The fraction of sp³-hybridized carbons (Fsp3) is 0.769. The topological polar surface area (TPSA) is 102 Å². The zero-order chi connectivity index (χ0) is 15.5. The summed E-state index contributed by atoms with van der Waals surface area (Å²) in [6, 6.07) is -1.08. The van der Waals surface area contributed by atoms with Crippen LogP contribution < -0.4 is 5.32 Å². The molecule has 0 heterocycles. The molecule has 0 aliphatic rings. The number of carboxylic acids is 1. The molecule has 2 N–H and O–H groups in total. The van der Waals surface area contributed by atoms with E-state index in [0.717, 1.165) is 0 Å². The van der Waals surface area contributed by atoms with Gasteiger partial charge in [-0.05, 0) is 19.3 Å². The van der Waals surface area contributed by atoms with Crippen molar-refractivity contribution in [1.82, 2.24) is 5.32 Å². The molecule has 1 amide bonds. The lowest BCUT2D eigenvalue weighted by Gasteiger charge is -2.16. The number of esters is 1. The maximum absolute atomic E-state index is 11.7. The van der Waals surface area contributed by atoms with Crippen LogP contribution in [0.15, 0.2) is 0 Å². The third-order valence-corrected chi connectivity index (χ3v) is 2.56. The van der Waals surface area contributed by atoms with Crippen molar-refractivity contribution < 1.29 is 29.0 Å². The second-order valence-corrected chi connectivity index (χ2v) is 4.57. The number of nitrogens with one attached hydrogen (secondary N) is 1. The molecule has 0 saturated carbocycles. The van der Waals surface area contributed by atoms with Gasteiger partial charge in [0.1, 0.15) is 6.04 Å². The number of carbonyl (C=O) groups excluding carboxylic acids is 2. The second-order valence-electron chi connectivity index (χ2n) is 4.57. The monoisotopic (exact) mass is 289 g/mol. The summed E-state index contributed by atoms with van der Waals surface area (Å²) < 4.78 is 9.62. The standard InChI is InChI=1S/C13H23NO6/c1-4-20-12(16)6-5-10(13(17)18)14-11(15)7-9(2)8-19-3/h9-10H,4-8H2,1-3H3,(H,14,15)(H,17,18)/t9?,10-/m0/s1. The highest BCUT2D eigenvalue weighted by Gasteiger charge is 2.22. The molecule has 0 aliphatic heterocycles. The number of methoxy groups -OCH3 is 1. The first-order valence-corrected chi connectivity index (χ1v) is 6.57. The summed E-state index contributed by atoms with van der Waals surface area (Å²) in [5.41, 5.74) is 0. The third-order valence-electron chi connectivity index (χ3n) is 2.56. The quantitative estimate of drug-likeness (QED) is 0.570. The van der Waals surface area contributed by atoms with E-state index in [-0.39, 0.29) is 37.7 Å². The van der Waals surface area contributed by atoms with Crippen LogP contribution in [-0.4, -0.2) is 49.3 Å². The summed E-state index contributed by atoms with van der Waals surface area (Å²) in [6.45, 7) is 4.18. The molecule has 0 fully saturated rings. The minimum absolute atomic E-state index is 0.000462. The first-order valence-electron chi connectivity index (χ1n) is 6.57. The van der Waals surface area contributed by atoms with Crippen LogP contribution in [0.4, 0.5) is 0 Å². The predicted octanol–water partition coefficient (Wildman–Crippen LogP) is 0.572. The Morgan fingerprint density at radius 3 is 2.45 bits per heavy atom. The van der Waals surface area contributed by atoms with Gasteiger partial charge in [-0.2, -0.15) is 0 Å². The first kappa shape index (κ1) is 18.4. The number of carboxylic acid groups (broad SMARTS) is 1. The minimum Gasteiger partial charge on any atom is -0.480 e. The zero-order valence-corrected chi connectivity index (χ0v) is 12.2. The van der Waals surface area contributed by atoms with E-state index in [1.54, 1.807) is 6.92 Å². The summed E-state index contributed by atoms with van der Waals surface area (Å²) in [5.74, 6) is -2.01. The lowest BCUT2D eigenvalue weighted by molar-refractivity contribution is -0.145. The Morgan fingerprint density at radius 2 is 1.95 bits per heavy atom. The summed E-state index contributed by atoms with van der Waals surface area (Å²) in [4.78, 5) is 33.9. The molecule has 7 heteroatoms. The lowest BCUT2D eigenvalue weighted by Crippen LogP contribution is -2.41. The van der Waals surface area contributed by atoms with E-state index in [1.165, 1.54) is 7.11 Å². The van der Waals surface area contributed by atoms with Crippen molar-refractivity contribution in [2.24, 2.45) is 5.92 Å². The summed E-state index contributed by atoms with van der Waals surface area (Å²) >= 11 is 0. The number of aliphatic carboxylic acids is 1. The Labute approximate surface area is 118 Å². The molecule has 0 saturated heterocycles. The molecule has 0 aliphatic carbocycles. The number of ether oxygens (including phenoxy) is 2. The van der Waals surface area contributed by atoms with E-state index in [9.17, 15) is 14.4 Å².